The third kappa shape index (κ3) is 5.81. The van der Waals surface area contributed by atoms with Crippen LogP contribution in [0.25, 0.3) is 0 Å². The Morgan fingerprint density at radius 3 is 2.26 bits per heavy atom. The normalized spacial score (nSPS) is 20.8. The summed E-state index contributed by atoms with van der Waals surface area (Å²) >= 11 is 0. The largest absolute Gasteiger partial charge is 0.489 e. The molecule has 2 heterocycles. The van der Waals surface area contributed by atoms with E-state index >= 15 is 0 Å². The van der Waals surface area contributed by atoms with Gasteiger partial charge in [-0.25, -0.2) is 13.9 Å². The summed E-state index contributed by atoms with van der Waals surface area (Å²) in [7, 11) is -4.35. The number of nitrogens with two attached hydrogens (primary N) is 1. The van der Waals surface area contributed by atoms with E-state index in [0.29, 0.717) is 13.0 Å². The first-order valence-corrected chi connectivity index (χ1v) is 13.8. The molecule has 2 aromatic rings. The number of hydrogen-bond donors (Lipinski definition) is 2. The average molecular weight is 557 g/mol. The van der Waals surface area contributed by atoms with Gasteiger partial charge in [-0.05, 0) is 68.6 Å². The molecule has 13 heteroatoms. The monoisotopic (exact) mass is 556 g/mol. The van der Waals surface area contributed by atoms with Gasteiger partial charge in [-0.1, -0.05) is 30.3 Å². The van der Waals surface area contributed by atoms with E-state index in [4.69, 9.17) is 10.6 Å². The van der Waals surface area contributed by atoms with Crippen LogP contribution >= 0.6 is 0 Å². The third-order valence-corrected chi connectivity index (χ3v) is 9.63. The molecule has 0 aliphatic carbocycles. The van der Waals surface area contributed by atoms with Crippen molar-refractivity contribution in [1.82, 2.24) is 14.7 Å². The second-order valence-corrected chi connectivity index (χ2v) is 11.6. The first-order valence-electron chi connectivity index (χ1n) is 12.4. The number of benzene rings is 2. The van der Waals surface area contributed by atoms with Gasteiger partial charge in [0, 0.05) is 13.1 Å². The summed E-state index contributed by atoms with van der Waals surface area (Å²) in [6.45, 7) is 1.99. The molecule has 208 valence electrons. The number of hydrogen-bond acceptors (Lipinski definition) is 7. The van der Waals surface area contributed by atoms with E-state index in [1.165, 1.54) is 16.4 Å². The molecule has 2 fully saturated rings. The van der Waals surface area contributed by atoms with Gasteiger partial charge in [0.25, 0.3) is 5.91 Å². The number of nitrogens with one attached hydrogen (secondary N) is 1. The van der Waals surface area contributed by atoms with E-state index in [2.05, 4.69) is 9.84 Å². The first-order chi connectivity index (χ1) is 18.1. The van der Waals surface area contributed by atoms with Crippen molar-refractivity contribution in [2.45, 2.75) is 42.7 Å². The molecule has 0 bridgehead atoms. The molecule has 2 aromatic carbocycles. The molecule has 38 heavy (non-hydrogen) atoms. The molecule has 0 radical (unpaired) electrons. The van der Waals surface area contributed by atoms with Crippen molar-refractivity contribution < 1.29 is 36.1 Å². The lowest BCUT2D eigenvalue weighted by atomic mass is 9.93. The molecule has 9 nitrogen and oxygen atoms in total. The smallest absolute Gasteiger partial charge is 0.416 e. The van der Waals surface area contributed by atoms with Crippen molar-refractivity contribution >= 4 is 15.9 Å². The molecular formula is C25H31F3N4O5S. The van der Waals surface area contributed by atoms with Gasteiger partial charge in [0.1, 0.15) is 11.9 Å². The van der Waals surface area contributed by atoms with Crippen LogP contribution in [0.5, 0.6) is 5.75 Å². The van der Waals surface area contributed by atoms with Gasteiger partial charge in [-0.15, -0.1) is 0 Å². The van der Waals surface area contributed by atoms with E-state index in [9.17, 15) is 26.4 Å². The van der Waals surface area contributed by atoms with Gasteiger partial charge in [0.15, 0.2) is 4.75 Å². The van der Waals surface area contributed by atoms with Gasteiger partial charge >= 0.3 is 6.18 Å². The molecule has 2 saturated heterocycles. The third-order valence-electron chi connectivity index (χ3n) is 7.11. The Bertz CT molecular complexity index is 1190. The number of nitrogens with zero attached hydrogens (tertiary/aromatic N) is 2. The maximum absolute atomic E-state index is 14.3. The van der Waals surface area contributed by atoms with E-state index in [-0.39, 0.29) is 30.8 Å². The van der Waals surface area contributed by atoms with Crippen LogP contribution in [0.3, 0.4) is 0 Å². The number of hydroxylamine groups is 1. The van der Waals surface area contributed by atoms with Crippen LogP contribution in [0.4, 0.5) is 13.2 Å². The Kier molecular flexibility index (Phi) is 8.62. The zero-order valence-corrected chi connectivity index (χ0v) is 21.5. The maximum Gasteiger partial charge on any atom is 0.416 e. The molecule has 2 aliphatic rings. The summed E-state index contributed by atoms with van der Waals surface area (Å²) in [5, 5.41) is 0. The Labute approximate surface area is 219 Å². The quantitative estimate of drug-likeness (QED) is 0.433. The number of carbonyl (C=O) groups is 1. The van der Waals surface area contributed by atoms with Gasteiger partial charge < -0.3 is 9.64 Å². The van der Waals surface area contributed by atoms with Crippen LogP contribution in [0.15, 0.2) is 54.6 Å². The molecular weight excluding hydrogens is 525 g/mol. The lowest BCUT2D eigenvalue weighted by molar-refractivity contribution is -0.138. The number of halogens is 3. The molecule has 2 unspecified atom stereocenters. The molecule has 3 N–H and O–H groups in total. The Hall–Kier alpha value is -2.71. The minimum Gasteiger partial charge on any atom is -0.489 e. The SMILES string of the molecule is NONC(=O)C(CCN1CCCC1)(c1ccccc1)S(=O)(=O)N1CCC(Oc2ccc(C(F)(F)F)cc2)C1. The lowest BCUT2D eigenvalue weighted by Crippen LogP contribution is -2.56. The zero-order valence-electron chi connectivity index (χ0n) is 20.7. The summed E-state index contributed by atoms with van der Waals surface area (Å²) in [5.74, 6) is 4.41. The Balaban J connectivity index is 1.60. The number of rotatable bonds is 10. The number of likely N-dealkylation sites (tertiary alicyclic amines) is 1. The van der Waals surface area contributed by atoms with Crippen molar-refractivity contribution in [2.24, 2.45) is 5.90 Å². The number of ether oxygens (including phenoxy) is 1. The van der Waals surface area contributed by atoms with Gasteiger partial charge in [0.2, 0.25) is 10.0 Å². The fourth-order valence-electron chi connectivity index (χ4n) is 5.10. The van der Waals surface area contributed by atoms with Crippen LogP contribution in [0.2, 0.25) is 0 Å². The Morgan fingerprint density at radius 1 is 1.00 bits per heavy atom. The van der Waals surface area contributed by atoms with Crippen LogP contribution < -0.4 is 16.1 Å². The summed E-state index contributed by atoms with van der Waals surface area (Å²) in [6, 6.07) is 12.4. The van der Waals surface area contributed by atoms with Crippen molar-refractivity contribution in [3.05, 3.63) is 65.7 Å². The predicted molar refractivity (Wildman–Crippen MR) is 133 cm³/mol. The van der Waals surface area contributed by atoms with Crippen molar-refractivity contribution in [1.29, 1.82) is 0 Å². The van der Waals surface area contributed by atoms with Gasteiger partial charge in [-0.2, -0.15) is 28.3 Å². The molecule has 2 aliphatic heterocycles. The van der Waals surface area contributed by atoms with E-state index in [1.54, 1.807) is 30.3 Å². The second kappa shape index (κ2) is 11.6. The summed E-state index contributed by atoms with van der Waals surface area (Å²) < 4.78 is 72.2. The zero-order chi connectivity index (χ0) is 27.4. The number of amides is 1. The van der Waals surface area contributed by atoms with Gasteiger partial charge in [0.05, 0.1) is 12.1 Å². The van der Waals surface area contributed by atoms with E-state index < -0.39 is 38.5 Å². The minimum absolute atomic E-state index is 0.0323. The van der Waals surface area contributed by atoms with E-state index in [1.807, 2.05) is 5.48 Å². The summed E-state index contributed by atoms with van der Waals surface area (Å²) in [6.07, 6.45) is -2.82. The predicted octanol–water partition coefficient (Wildman–Crippen LogP) is 2.79. The molecule has 1 amide bonds. The fourth-order valence-corrected chi connectivity index (χ4v) is 7.30. The molecule has 4 rings (SSSR count). The number of carbonyl (C=O) groups excluding carboxylic acids is 1. The highest BCUT2D eigenvalue weighted by atomic mass is 32.2. The van der Waals surface area contributed by atoms with Crippen LogP contribution in [-0.2, 0) is 30.7 Å². The number of alkyl halides is 3. The molecule has 2 atom stereocenters. The highest BCUT2D eigenvalue weighted by Crippen LogP contribution is 2.39. The highest BCUT2D eigenvalue weighted by Gasteiger charge is 2.56. The van der Waals surface area contributed by atoms with Crippen molar-refractivity contribution in [3.63, 3.8) is 0 Å². The topological polar surface area (TPSA) is 114 Å². The van der Waals surface area contributed by atoms with Crippen LogP contribution in [0.1, 0.15) is 36.8 Å². The van der Waals surface area contributed by atoms with E-state index in [0.717, 1.165) is 38.1 Å². The molecule has 0 spiro atoms. The standard InChI is InChI=1S/C25H31F3N4O5S/c26-25(27,28)20-8-10-21(11-9-20)36-22-12-16-32(18-22)38(34,35)24(23(33)30-37-29,19-6-2-1-3-7-19)13-17-31-14-4-5-15-31/h1-3,6-11,22H,4-5,12-18,29H2,(H,30,33). The molecule has 0 saturated carbocycles. The molecule has 0 aromatic heterocycles. The summed E-state index contributed by atoms with van der Waals surface area (Å²) in [4.78, 5) is 20.0. The first kappa shape index (κ1) is 28.3. The van der Waals surface area contributed by atoms with Crippen molar-refractivity contribution in [3.8, 4) is 5.75 Å². The van der Waals surface area contributed by atoms with Crippen LogP contribution in [0, 0.1) is 0 Å². The summed E-state index contributed by atoms with van der Waals surface area (Å²) in [5.41, 5.74) is 1.52. The average Bonchev–Trinajstić information content (AvgIpc) is 3.58. The lowest BCUT2D eigenvalue weighted by Gasteiger charge is -2.36. The number of sulfonamides is 1. The minimum atomic E-state index is -4.47. The highest BCUT2D eigenvalue weighted by molar-refractivity contribution is 7.90. The van der Waals surface area contributed by atoms with Crippen molar-refractivity contribution in [2.75, 3.05) is 32.7 Å². The van der Waals surface area contributed by atoms with Gasteiger partial charge in [-0.3, -0.25) is 4.79 Å². The Morgan fingerprint density at radius 2 is 1.66 bits per heavy atom. The maximum atomic E-state index is 14.3. The second-order valence-electron chi connectivity index (χ2n) is 9.45. The fraction of sp³-hybridized carbons (Fsp3) is 0.480. The van der Waals surface area contributed by atoms with Crippen LogP contribution in [-0.4, -0.2) is 62.4 Å².